The Bertz CT molecular complexity index is 586. The highest BCUT2D eigenvalue weighted by molar-refractivity contribution is 6.32. The molecule has 86 valence electrons. The SMILES string of the molecule is [N-]=[N+]=NCc1c(Cl)ncn1-c1ccccc1Cl. The molecule has 7 heteroatoms. The molecule has 1 heterocycles. The molecule has 1 aromatic carbocycles. The predicted molar refractivity (Wildman–Crippen MR) is 66.4 cm³/mol. The van der Waals surface area contributed by atoms with E-state index in [1.807, 2.05) is 18.2 Å². The molecule has 0 aliphatic carbocycles. The number of azide groups is 1. The van der Waals surface area contributed by atoms with E-state index in [1.165, 1.54) is 0 Å². The molecule has 0 spiro atoms. The average Bonchev–Trinajstić information content (AvgIpc) is 2.69. The molecular formula is C10H7Cl2N5. The van der Waals surface area contributed by atoms with Gasteiger partial charge in [0.05, 0.1) is 22.9 Å². The highest BCUT2D eigenvalue weighted by atomic mass is 35.5. The molecular weight excluding hydrogens is 261 g/mol. The zero-order valence-electron chi connectivity index (χ0n) is 8.59. The number of hydrogen-bond donors (Lipinski definition) is 0. The Hall–Kier alpha value is -1.68. The van der Waals surface area contributed by atoms with Crippen LogP contribution in [0.15, 0.2) is 35.7 Å². The lowest BCUT2D eigenvalue weighted by Crippen LogP contribution is -1.98. The Kier molecular flexibility index (Phi) is 3.54. The summed E-state index contributed by atoms with van der Waals surface area (Å²) >= 11 is 12.0. The average molecular weight is 268 g/mol. The molecule has 0 fully saturated rings. The third kappa shape index (κ3) is 2.36. The van der Waals surface area contributed by atoms with Crippen molar-refractivity contribution in [2.45, 2.75) is 6.54 Å². The molecule has 5 nitrogen and oxygen atoms in total. The predicted octanol–water partition coefficient (Wildman–Crippen LogP) is 3.99. The summed E-state index contributed by atoms with van der Waals surface area (Å²) in [6.07, 6.45) is 1.55. The summed E-state index contributed by atoms with van der Waals surface area (Å²) in [6, 6.07) is 7.28. The normalized spacial score (nSPS) is 10.0. The lowest BCUT2D eigenvalue weighted by Gasteiger charge is -2.08. The number of rotatable bonds is 3. The van der Waals surface area contributed by atoms with Crippen LogP contribution in [0.4, 0.5) is 0 Å². The maximum absolute atomic E-state index is 8.33. The van der Waals surface area contributed by atoms with Crippen LogP contribution in [0.25, 0.3) is 16.1 Å². The molecule has 2 aromatic rings. The van der Waals surface area contributed by atoms with Crippen LogP contribution in [0.3, 0.4) is 0 Å². The molecule has 0 atom stereocenters. The van der Waals surface area contributed by atoms with Crippen molar-refractivity contribution in [1.29, 1.82) is 0 Å². The molecule has 0 bridgehead atoms. The fourth-order valence-corrected chi connectivity index (χ4v) is 1.87. The van der Waals surface area contributed by atoms with Crippen LogP contribution in [0.2, 0.25) is 10.2 Å². The molecule has 0 saturated carbocycles. The lowest BCUT2D eigenvalue weighted by molar-refractivity contribution is 0.903. The number of benzene rings is 1. The van der Waals surface area contributed by atoms with Gasteiger partial charge in [0.1, 0.15) is 6.33 Å². The second-order valence-corrected chi connectivity index (χ2v) is 3.96. The quantitative estimate of drug-likeness (QED) is 0.471. The van der Waals surface area contributed by atoms with Gasteiger partial charge in [-0.25, -0.2) is 4.98 Å². The Morgan fingerprint density at radius 1 is 1.35 bits per heavy atom. The molecule has 1 aromatic heterocycles. The van der Waals surface area contributed by atoms with E-state index >= 15 is 0 Å². The van der Waals surface area contributed by atoms with Crippen molar-refractivity contribution in [3.8, 4) is 5.69 Å². The van der Waals surface area contributed by atoms with E-state index < -0.39 is 0 Å². The minimum absolute atomic E-state index is 0.126. The summed E-state index contributed by atoms with van der Waals surface area (Å²) in [5.74, 6) is 0. The number of halogens is 2. The van der Waals surface area contributed by atoms with E-state index in [0.29, 0.717) is 15.9 Å². The monoisotopic (exact) mass is 267 g/mol. The van der Waals surface area contributed by atoms with E-state index in [9.17, 15) is 0 Å². The molecule has 0 N–H and O–H groups in total. The first kappa shape index (κ1) is 11.8. The van der Waals surface area contributed by atoms with E-state index in [0.717, 1.165) is 5.69 Å². The van der Waals surface area contributed by atoms with E-state index in [-0.39, 0.29) is 6.54 Å². The largest absolute Gasteiger partial charge is 0.300 e. The van der Waals surface area contributed by atoms with Crippen LogP contribution >= 0.6 is 23.2 Å². The van der Waals surface area contributed by atoms with Gasteiger partial charge in [0.15, 0.2) is 5.15 Å². The van der Waals surface area contributed by atoms with Crippen molar-refractivity contribution < 1.29 is 0 Å². The minimum Gasteiger partial charge on any atom is -0.300 e. The third-order valence-electron chi connectivity index (χ3n) is 2.21. The standard InChI is InChI=1S/C10H7Cl2N5/c11-7-3-1-2-4-8(7)17-6-14-10(12)9(17)5-15-16-13/h1-4,6H,5H2. The van der Waals surface area contributed by atoms with Crippen LogP contribution < -0.4 is 0 Å². The first-order valence-electron chi connectivity index (χ1n) is 4.71. The zero-order chi connectivity index (χ0) is 12.3. The topological polar surface area (TPSA) is 66.6 Å². The molecule has 0 saturated heterocycles. The summed E-state index contributed by atoms with van der Waals surface area (Å²) in [5, 5.41) is 4.36. The maximum Gasteiger partial charge on any atom is 0.150 e. The molecule has 0 aliphatic rings. The molecule has 0 unspecified atom stereocenters. The van der Waals surface area contributed by atoms with Gasteiger partial charge >= 0.3 is 0 Å². The highest BCUT2D eigenvalue weighted by Gasteiger charge is 2.11. The summed E-state index contributed by atoms with van der Waals surface area (Å²) in [5.41, 5.74) is 9.69. The van der Waals surface area contributed by atoms with Crippen molar-refractivity contribution in [3.63, 3.8) is 0 Å². The van der Waals surface area contributed by atoms with E-state index in [2.05, 4.69) is 15.0 Å². The van der Waals surface area contributed by atoms with Crippen molar-refractivity contribution in [3.05, 3.63) is 56.9 Å². The van der Waals surface area contributed by atoms with Gasteiger partial charge in [-0.2, -0.15) is 0 Å². The maximum atomic E-state index is 8.33. The van der Waals surface area contributed by atoms with Gasteiger partial charge < -0.3 is 4.57 Å². The lowest BCUT2D eigenvalue weighted by atomic mass is 10.3. The van der Waals surface area contributed by atoms with Gasteiger partial charge in [-0.1, -0.05) is 40.4 Å². The second-order valence-electron chi connectivity index (χ2n) is 3.19. The van der Waals surface area contributed by atoms with Gasteiger partial charge in [0, 0.05) is 4.91 Å². The smallest absolute Gasteiger partial charge is 0.150 e. The van der Waals surface area contributed by atoms with Gasteiger partial charge in [-0.05, 0) is 17.7 Å². The Morgan fingerprint density at radius 2 is 2.12 bits per heavy atom. The van der Waals surface area contributed by atoms with Crippen LogP contribution in [-0.4, -0.2) is 9.55 Å². The number of imidazole rings is 1. The Morgan fingerprint density at radius 3 is 2.82 bits per heavy atom. The van der Waals surface area contributed by atoms with Crippen molar-refractivity contribution in [1.82, 2.24) is 9.55 Å². The molecule has 17 heavy (non-hydrogen) atoms. The Labute approximate surface area is 107 Å². The Balaban J connectivity index is 2.53. The van der Waals surface area contributed by atoms with Crippen molar-refractivity contribution >= 4 is 23.2 Å². The van der Waals surface area contributed by atoms with Crippen LogP contribution in [0, 0.1) is 0 Å². The highest BCUT2D eigenvalue weighted by Crippen LogP contribution is 2.25. The third-order valence-corrected chi connectivity index (χ3v) is 2.85. The minimum atomic E-state index is 0.126. The fraction of sp³-hybridized carbons (Fsp3) is 0.100. The second kappa shape index (κ2) is 5.10. The van der Waals surface area contributed by atoms with Gasteiger partial charge in [0.25, 0.3) is 0 Å². The van der Waals surface area contributed by atoms with Gasteiger partial charge in [0.2, 0.25) is 0 Å². The van der Waals surface area contributed by atoms with Crippen molar-refractivity contribution in [2.24, 2.45) is 5.11 Å². The van der Waals surface area contributed by atoms with E-state index in [1.54, 1.807) is 17.0 Å². The summed E-state index contributed by atoms with van der Waals surface area (Å²) in [7, 11) is 0. The molecule has 0 aliphatic heterocycles. The van der Waals surface area contributed by atoms with Gasteiger partial charge in [-0.15, -0.1) is 0 Å². The molecule has 0 amide bonds. The van der Waals surface area contributed by atoms with Crippen LogP contribution in [0.1, 0.15) is 5.69 Å². The zero-order valence-corrected chi connectivity index (χ0v) is 10.1. The summed E-state index contributed by atoms with van der Waals surface area (Å²) in [4.78, 5) is 6.67. The first-order chi connectivity index (χ1) is 8.24. The number of para-hydroxylation sites is 1. The number of hydrogen-bond acceptors (Lipinski definition) is 2. The van der Waals surface area contributed by atoms with Gasteiger partial charge in [-0.3, -0.25) is 0 Å². The summed E-state index contributed by atoms with van der Waals surface area (Å²) < 4.78 is 1.71. The first-order valence-corrected chi connectivity index (χ1v) is 5.47. The van der Waals surface area contributed by atoms with Crippen LogP contribution in [0.5, 0.6) is 0 Å². The van der Waals surface area contributed by atoms with E-state index in [4.69, 9.17) is 28.7 Å². The fourth-order valence-electron chi connectivity index (χ4n) is 1.45. The molecule has 0 radical (unpaired) electrons. The molecule has 2 rings (SSSR count). The number of aromatic nitrogens is 2. The van der Waals surface area contributed by atoms with Crippen molar-refractivity contribution in [2.75, 3.05) is 0 Å². The number of nitrogens with zero attached hydrogens (tertiary/aromatic N) is 5. The summed E-state index contributed by atoms with van der Waals surface area (Å²) in [6.45, 7) is 0.126. The van der Waals surface area contributed by atoms with Crippen LogP contribution in [-0.2, 0) is 6.54 Å².